The molecule has 34 heavy (non-hydrogen) atoms. The fourth-order valence-corrected chi connectivity index (χ4v) is 5.54. The van der Waals surface area contributed by atoms with Crippen LogP contribution in [0.2, 0.25) is 0 Å². The number of hydrogen-bond acceptors (Lipinski definition) is 9. The van der Waals surface area contributed by atoms with Crippen molar-refractivity contribution >= 4 is 29.0 Å². The van der Waals surface area contributed by atoms with Crippen LogP contribution in [0, 0.1) is 17.8 Å². The summed E-state index contributed by atoms with van der Waals surface area (Å²) < 4.78 is 0. The minimum Gasteiger partial charge on any atom is -0.508 e. The number of nitrogens with zero attached hydrogens (tertiary/aromatic N) is 3. The summed E-state index contributed by atoms with van der Waals surface area (Å²) in [4.78, 5) is 55.3. The molecule has 0 aromatic rings. The predicted molar refractivity (Wildman–Crippen MR) is 113 cm³/mol. The van der Waals surface area contributed by atoms with Crippen molar-refractivity contribution in [1.29, 1.82) is 0 Å². The van der Waals surface area contributed by atoms with Crippen LogP contribution in [-0.2, 0) is 19.2 Å². The second-order valence-corrected chi connectivity index (χ2v) is 9.01. The number of aliphatic hydroxyl groups is 4. The van der Waals surface area contributed by atoms with E-state index in [-0.39, 0.29) is 11.1 Å². The van der Waals surface area contributed by atoms with Gasteiger partial charge < -0.3 is 36.6 Å². The first-order valence-corrected chi connectivity index (χ1v) is 10.4. The number of Topliss-reactive ketones (excluding diaryl/α,β-unsaturated/α-hetero) is 3. The number of carbonyl (C=O) groups is 4. The Labute approximate surface area is 192 Å². The fourth-order valence-electron chi connectivity index (χ4n) is 5.54. The third kappa shape index (κ3) is 2.67. The molecule has 1 fully saturated rings. The molecular formula is C22H22N4O8. The van der Waals surface area contributed by atoms with E-state index in [0.29, 0.717) is 5.70 Å². The van der Waals surface area contributed by atoms with Crippen molar-refractivity contribution in [2.24, 2.45) is 23.5 Å². The Bertz CT molecular complexity index is 1280. The van der Waals surface area contributed by atoms with Crippen LogP contribution in [0.15, 0.2) is 45.6 Å². The highest BCUT2D eigenvalue weighted by Gasteiger charge is 2.65. The molecule has 12 heteroatoms. The largest absolute Gasteiger partial charge is 0.508 e. The molecular weight excluding hydrogens is 448 g/mol. The highest BCUT2D eigenvalue weighted by Crippen LogP contribution is 2.54. The van der Waals surface area contributed by atoms with Crippen molar-refractivity contribution < 1.29 is 44.4 Å². The maximum absolute atomic E-state index is 13.6. The lowest BCUT2D eigenvalue weighted by Crippen LogP contribution is -2.64. The van der Waals surface area contributed by atoms with Gasteiger partial charge in [-0.25, -0.2) is 0 Å². The third-order valence-corrected chi connectivity index (χ3v) is 7.12. The maximum atomic E-state index is 13.6. The number of fused-ring (bicyclic) bond motifs is 2. The van der Waals surface area contributed by atoms with E-state index in [2.05, 4.69) is 4.79 Å². The molecule has 4 aliphatic carbocycles. The molecule has 0 heterocycles. The molecule has 4 rings (SSSR count). The number of hydrogen-bond donors (Lipinski definition) is 5. The van der Waals surface area contributed by atoms with Crippen LogP contribution in [0.3, 0.4) is 0 Å². The molecule has 12 nitrogen and oxygen atoms in total. The molecule has 4 aliphatic rings. The van der Waals surface area contributed by atoms with E-state index in [0.717, 1.165) is 0 Å². The first kappa shape index (κ1) is 23.3. The van der Waals surface area contributed by atoms with Crippen molar-refractivity contribution in [2.45, 2.75) is 25.0 Å². The number of primary amides is 1. The molecule has 5 atom stereocenters. The Morgan fingerprint density at radius 1 is 1.24 bits per heavy atom. The van der Waals surface area contributed by atoms with Crippen molar-refractivity contribution in [2.75, 3.05) is 14.1 Å². The number of amides is 1. The smallest absolute Gasteiger partial charge is 0.364 e. The van der Waals surface area contributed by atoms with Crippen molar-refractivity contribution in [3.63, 3.8) is 0 Å². The van der Waals surface area contributed by atoms with Gasteiger partial charge in [-0.15, -0.1) is 0 Å². The summed E-state index contributed by atoms with van der Waals surface area (Å²) in [6.07, 6.45) is -1.01. The number of allylic oxidation sites excluding steroid dienone is 3. The lowest BCUT2D eigenvalue weighted by Gasteiger charge is -2.51. The number of ketones is 3. The summed E-state index contributed by atoms with van der Waals surface area (Å²) in [6, 6.07) is 0. The second kappa shape index (κ2) is 7.32. The highest BCUT2D eigenvalue weighted by molar-refractivity contribution is 6.50. The maximum Gasteiger partial charge on any atom is 0.364 e. The summed E-state index contributed by atoms with van der Waals surface area (Å²) in [5.41, 5.74) is 9.86. The zero-order chi connectivity index (χ0) is 25.4. The van der Waals surface area contributed by atoms with E-state index in [9.17, 15) is 45.1 Å². The quantitative estimate of drug-likeness (QED) is 0.139. The average molecular weight is 470 g/mol. The lowest BCUT2D eigenvalue weighted by molar-refractivity contribution is -0.161. The standard InChI is InChI=1S/C22H22N4O8/c1-6-11-9(26(2)3)5-8(25-24)17(29)14(11)18(30)15-12(6)16(28)7-4-10(27)13(21(23)33)19(31)22(7,34)20(15)32/h5-7,12,16,28,30-31,34H,4H2,1-3H3,(H2,23,33)/t6-,7+,12+,16-,22+/m0/s1. The summed E-state index contributed by atoms with van der Waals surface area (Å²) >= 11 is 0. The Kier molecular flexibility index (Phi) is 5.02. The number of carbonyl (C=O) groups excluding carboxylic acids is 4. The normalized spacial score (nSPS) is 33.3. The first-order valence-electron chi connectivity index (χ1n) is 10.4. The molecule has 0 saturated heterocycles. The molecule has 178 valence electrons. The molecule has 0 aromatic carbocycles. The Morgan fingerprint density at radius 3 is 2.38 bits per heavy atom. The van der Waals surface area contributed by atoms with Crippen LogP contribution in [0.1, 0.15) is 13.3 Å². The SMILES string of the molecule is C[C@H]1C2=C(C(=O)C(=[N+]=[N-])C=C2N(C)C)C(O)=C2C(=O)[C@]3(O)C(O)=C(C(N)=O)C(=O)C[C@@H]3[C@H](O)[C@@H]21. The molecule has 0 unspecified atom stereocenters. The van der Waals surface area contributed by atoms with E-state index < -0.39 is 87.5 Å². The number of aliphatic hydroxyl groups excluding tert-OH is 3. The van der Waals surface area contributed by atoms with Gasteiger partial charge in [-0.2, -0.15) is 4.79 Å². The van der Waals surface area contributed by atoms with Gasteiger partial charge in [0.15, 0.2) is 11.4 Å². The topological polar surface area (TPSA) is 215 Å². The molecule has 1 amide bonds. The van der Waals surface area contributed by atoms with Crippen LogP contribution in [0.4, 0.5) is 0 Å². The molecule has 0 radical (unpaired) electrons. The predicted octanol–water partition coefficient (Wildman–Crippen LogP) is -1.38. The molecule has 0 bridgehead atoms. The minimum atomic E-state index is -2.93. The summed E-state index contributed by atoms with van der Waals surface area (Å²) in [5.74, 6) is -10.2. The highest BCUT2D eigenvalue weighted by atomic mass is 16.4. The van der Waals surface area contributed by atoms with Gasteiger partial charge in [0.1, 0.15) is 17.1 Å². The van der Waals surface area contributed by atoms with Gasteiger partial charge in [0.2, 0.25) is 5.78 Å². The van der Waals surface area contributed by atoms with Gasteiger partial charge in [0.05, 0.1) is 17.8 Å². The fraction of sp³-hybridized carbons (Fsp3) is 0.409. The lowest BCUT2D eigenvalue weighted by atomic mass is 9.55. The van der Waals surface area contributed by atoms with E-state index in [1.54, 1.807) is 25.9 Å². The zero-order valence-corrected chi connectivity index (χ0v) is 18.4. The Morgan fingerprint density at radius 2 is 1.85 bits per heavy atom. The third-order valence-electron chi connectivity index (χ3n) is 7.12. The summed E-state index contributed by atoms with van der Waals surface area (Å²) in [5, 5.41) is 44.2. The number of likely N-dealkylation sites (N-methyl/N-ethyl adjacent to an activating group) is 1. The van der Waals surface area contributed by atoms with E-state index >= 15 is 0 Å². The molecule has 0 aromatic heterocycles. The molecule has 0 spiro atoms. The molecule has 6 N–H and O–H groups in total. The van der Waals surface area contributed by atoms with Crippen LogP contribution in [-0.4, -0.2) is 84.9 Å². The summed E-state index contributed by atoms with van der Waals surface area (Å²) in [7, 11) is 3.28. The van der Waals surface area contributed by atoms with E-state index in [1.165, 1.54) is 6.08 Å². The molecule has 1 saturated carbocycles. The van der Waals surface area contributed by atoms with Gasteiger partial charge in [-0.05, 0) is 11.5 Å². The van der Waals surface area contributed by atoms with Gasteiger partial charge in [-0.1, -0.05) is 6.92 Å². The number of rotatable bonds is 2. The summed E-state index contributed by atoms with van der Waals surface area (Å²) in [6.45, 7) is 1.59. The number of nitrogens with two attached hydrogens (primary N) is 1. The van der Waals surface area contributed by atoms with Gasteiger partial charge >= 0.3 is 5.71 Å². The zero-order valence-electron chi connectivity index (χ0n) is 18.4. The van der Waals surface area contributed by atoms with Gasteiger partial charge in [0.25, 0.3) is 11.7 Å². The molecule has 0 aliphatic heterocycles. The Hall–Kier alpha value is -3.86. The van der Waals surface area contributed by atoms with Crippen molar-refractivity contribution in [3.8, 4) is 0 Å². The second-order valence-electron chi connectivity index (χ2n) is 9.01. The van der Waals surface area contributed by atoms with Gasteiger partial charge in [-0.3, -0.25) is 19.2 Å². The van der Waals surface area contributed by atoms with Gasteiger partial charge in [0, 0.05) is 43.6 Å². The van der Waals surface area contributed by atoms with Crippen molar-refractivity contribution in [3.05, 3.63) is 51.1 Å². The van der Waals surface area contributed by atoms with Crippen LogP contribution in [0.25, 0.3) is 5.53 Å². The van der Waals surface area contributed by atoms with E-state index in [4.69, 9.17) is 5.73 Å². The Balaban J connectivity index is 2.03. The minimum absolute atomic E-state index is 0.269. The first-order chi connectivity index (χ1) is 15.8. The van der Waals surface area contributed by atoms with Crippen LogP contribution < -0.4 is 5.73 Å². The van der Waals surface area contributed by atoms with Crippen LogP contribution in [0.5, 0.6) is 0 Å². The monoisotopic (exact) mass is 470 g/mol. The average Bonchev–Trinajstić information content (AvgIpc) is 2.76. The van der Waals surface area contributed by atoms with Crippen molar-refractivity contribution in [1.82, 2.24) is 4.90 Å². The van der Waals surface area contributed by atoms with E-state index in [1.807, 2.05) is 0 Å². The van der Waals surface area contributed by atoms with Crippen LogP contribution >= 0.6 is 0 Å².